The molecule has 0 saturated carbocycles. The zero-order chi connectivity index (χ0) is 12.1. The molecule has 2 atom stereocenters. The van der Waals surface area contributed by atoms with E-state index in [0.29, 0.717) is 12.2 Å². The maximum atomic E-state index is 11.6. The number of thioether (sulfide) groups is 1. The van der Waals surface area contributed by atoms with Crippen LogP contribution in [0.3, 0.4) is 0 Å². The predicted molar refractivity (Wildman–Crippen MR) is 59.3 cm³/mol. The van der Waals surface area contributed by atoms with Crippen LogP contribution in [0.5, 0.6) is 0 Å². The van der Waals surface area contributed by atoms with Crippen molar-refractivity contribution in [3.8, 4) is 0 Å². The molecule has 0 spiro atoms. The van der Waals surface area contributed by atoms with Crippen LogP contribution in [0.2, 0.25) is 0 Å². The molecule has 1 fully saturated rings. The molecule has 1 heterocycles. The Balaban J connectivity index is 2.28. The Morgan fingerprint density at radius 1 is 1.69 bits per heavy atom. The Morgan fingerprint density at radius 3 is 2.88 bits per heavy atom. The van der Waals surface area contributed by atoms with Gasteiger partial charge in [0.25, 0.3) is 5.24 Å². The normalized spacial score (nSPS) is 21.3. The maximum absolute atomic E-state index is 11.6. The molecule has 1 rings (SSSR count). The van der Waals surface area contributed by atoms with Crippen molar-refractivity contribution < 1.29 is 19.5 Å². The van der Waals surface area contributed by atoms with E-state index in [4.69, 9.17) is 5.11 Å². The van der Waals surface area contributed by atoms with E-state index in [2.05, 4.69) is 10.6 Å². The van der Waals surface area contributed by atoms with Gasteiger partial charge >= 0.3 is 5.97 Å². The highest BCUT2D eigenvalue weighted by Gasteiger charge is 2.28. The third-order valence-electron chi connectivity index (χ3n) is 2.17. The highest BCUT2D eigenvalue weighted by molar-refractivity contribution is 8.14. The van der Waals surface area contributed by atoms with Crippen LogP contribution in [0.4, 0.5) is 4.79 Å². The molecule has 3 N–H and O–H groups in total. The van der Waals surface area contributed by atoms with E-state index in [1.807, 2.05) is 0 Å². The topological polar surface area (TPSA) is 95.5 Å². The van der Waals surface area contributed by atoms with E-state index < -0.39 is 12.0 Å². The Hall–Kier alpha value is -1.24. The van der Waals surface area contributed by atoms with Gasteiger partial charge in [-0.1, -0.05) is 11.8 Å². The molecular weight excluding hydrogens is 232 g/mol. The Bertz CT molecular complexity index is 308. The Kier molecular flexibility index (Phi) is 4.60. The second-order valence-corrected chi connectivity index (χ2v) is 4.63. The summed E-state index contributed by atoms with van der Waals surface area (Å²) in [6.07, 6.45) is 0.405. The summed E-state index contributed by atoms with van der Waals surface area (Å²) in [4.78, 5) is 32.7. The van der Waals surface area contributed by atoms with Gasteiger partial charge in [-0.15, -0.1) is 0 Å². The van der Waals surface area contributed by atoms with Gasteiger partial charge in [-0.05, 0) is 13.3 Å². The summed E-state index contributed by atoms with van der Waals surface area (Å²) in [7, 11) is 0. The number of nitrogens with one attached hydrogen (secondary N) is 2. The van der Waals surface area contributed by atoms with Gasteiger partial charge in [0, 0.05) is 18.2 Å². The first-order valence-electron chi connectivity index (χ1n) is 4.94. The molecule has 2 unspecified atom stereocenters. The zero-order valence-corrected chi connectivity index (χ0v) is 9.67. The summed E-state index contributed by atoms with van der Waals surface area (Å²) >= 11 is 1.07. The van der Waals surface area contributed by atoms with Crippen molar-refractivity contribution in [3.05, 3.63) is 0 Å². The molecule has 0 radical (unpaired) electrons. The lowest BCUT2D eigenvalue weighted by Gasteiger charge is -2.15. The number of carboxylic acid groups (broad SMARTS) is 1. The SMILES string of the molecule is CC(CCC(=O)O)NC(=O)C1CSC(=O)N1. The highest BCUT2D eigenvalue weighted by atomic mass is 32.2. The fourth-order valence-electron chi connectivity index (χ4n) is 1.28. The fraction of sp³-hybridized carbons (Fsp3) is 0.667. The average Bonchev–Trinajstić information content (AvgIpc) is 2.62. The molecule has 90 valence electrons. The number of carbonyl (C=O) groups is 3. The minimum Gasteiger partial charge on any atom is -0.481 e. The van der Waals surface area contributed by atoms with Crippen LogP contribution in [-0.4, -0.2) is 40.1 Å². The standard InChI is InChI=1S/C9H14N2O4S/c1-5(2-3-7(12)13)10-8(14)6-4-16-9(15)11-6/h5-6H,2-4H2,1H3,(H,10,14)(H,11,15)(H,12,13). The summed E-state index contributed by atoms with van der Waals surface area (Å²) < 4.78 is 0. The average molecular weight is 246 g/mol. The van der Waals surface area contributed by atoms with Crippen LogP contribution in [0.1, 0.15) is 19.8 Å². The van der Waals surface area contributed by atoms with Gasteiger partial charge in [0.15, 0.2) is 0 Å². The largest absolute Gasteiger partial charge is 0.481 e. The molecule has 2 amide bonds. The molecule has 0 aliphatic carbocycles. The third kappa shape index (κ3) is 4.09. The van der Waals surface area contributed by atoms with Crippen LogP contribution >= 0.6 is 11.8 Å². The van der Waals surface area contributed by atoms with Gasteiger partial charge in [-0.25, -0.2) is 0 Å². The predicted octanol–water partition coefficient (Wildman–Crippen LogP) is 0.181. The molecule has 16 heavy (non-hydrogen) atoms. The van der Waals surface area contributed by atoms with Crippen LogP contribution in [-0.2, 0) is 9.59 Å². The number of carbonyl (C=O) groups excluding carboxylic acids is 2. The molecular formula is C9H14N2O4S. The number of carboxylic acids is 1. The first kappa shape index (κ1) is 12.8. The van der Waals surface area contributed by atoms with Gasteiger partial charge in [-0.3, -0.25) is 14.4 Å². The maximum Gasteiger partial charge on any atom is 0.303 e. The van der Waals surface area contributed by atoms with Gasteiger partial charge in [0.05, 0.1) is 0 Å². The van der Waals surface area contributed by atoms with Crippen molar-refractivity contribution in [3.63, 3.8) is 0 Å². The van der Waals surface area contributed by atoms with Crippen LogP contribution in [0.15, 0.2) is 0 Å². The van der Waals surface area contributed by atoms with Gasteiger partial charge < -0.3 is 15.7 Å². The molecule has 0 aromatic heterocycles. The molecule has 1 aliphatic rings. The van der Waals surface area contributed by atoms with Crippen molar-refractivity contribution in [2.24, 2.45) is 0 Å². The van der Waals surface area contributed by atoms with E-state index in [9.17, 15) is 14.4 Å². The first-order valence-corrected chi connectivity index (χ1v) is 5.93. The third-order valence-corrected chi connectivity index (χ3v) is 3.05. The molecule has 1 saturated heterocycles. The van der Waals surface area contributed by atoms with Crippen molar-refractivity contribution >= 4 is 28.9 Å². The van der Waals surface area contributed by atoms with E-state index >= 15 is 0 Å². The lowest BCUT2D eigenvalue weighted by Crippen LogP contribution is -2.46. The fourth-order valence-corrected chi connectivity index (χ4v) is 2.06. The molecule has 6 nitrogen and oxygen atoms in total. The number of rotatable bonds is 5. The monoisotopic (exact) mass is 246 g/mol. The summed E-state index contributed by atoms with van der Waals surface area (Å²) in [6, 6.07) is -0.698. The summed E-state index contributed by atoms with van der Waals surface area (Å²) in [5.74, 6) is -0.710. The molecule has 7 heteroatoms. The van der Waals surface area contributed by atoms with Crippen molar-refractivity contribution in [2.75, 3.05) is 5.75 Å². The number of aliphatic carboxylic acids is 1. The second kappa shape index (κ2) is 5.74. The van der Waals surface area contributed by atoms with Crippen molar-refractivity contribution in [2.45, 2.75) is 31.8 Å². The molecule has 0 aromatic rings. The lowest BCUT2D eigenvalue weighted by molar-refractivity contribution is -0.137. The molecule has 0 aromatic carbocycles. The summed E-state index contributed by atoms with van der Waals surface area (Å²) in [6.45, 7) is 1.74. The second-order valence-electron chi connectivity index (χ2n) is 3.64. The van der Waals surface area contributed by atoms with Crippen molar-refractivity contribution in [1.82, 2.24) is 10.6 Å². The lowest BCUT2D eigenvalue weighted by atomic mass is 10.1. The minimum atomic E-state index is -0.883. The molecule has 0 bridgehead atoms. The van der Waals surface area contributed by atoms with Gasteiger partial charge in [0.2, 0.25) is 5.91 Å². The van der Waals surface area contributed by atoms with E-state index in [0.717, 1.165) is 11.8 Å². The summed E-state index contributed by atoms with van der Waals surface area (Å²) in [5.41, 5.74) is 0. The van der Waals surface area contributed by atoms with E-state index in [1.54, 1.807) is 6.92 Å². The number of hydrogen-bond acceptors (Lipinski definition) is 4. The van der Waals surface area contributed by atoms with Crippen molar-refractivity contribution in [1.29, 1.82) is 0 Å². The van der Waals surface area contributed by atoms with E-state index in [-0.39, 0.29) is 23.6 Å². The van der Waals surface area contributed by atoms with Crippen LogP contribution in [0.25, 0.3) is 0 Å². The minimum absolute atomic E-state index is 0.0211. The Labute approximate surface area is 97.2 Å². The quantitative estimate of drug-likeness (QED) is 0.643. The Morgan fingerprint density at radius 2 is 2.38 bits per heavy atom. The number of amides is 2. The smallest absolute Gasteiger partial charge is 0.303 e. The summed E-state index contributed by atoms with van der Waals surface area (Å²) in [5, 5.41) is 13.5. The van der Waals surface area contributed by atoms with Crippen LogP contribution in [0, 0.1) is 0 Å². The van der Waals surface area contributed by atoms with E-state index in [1.165, 1.54) is 0 Å². The number of hydrogen-bond donors (Lipinski definition) is 3. The highest BCUT2D eigenvalue weighted by Crippen LogP contribution is 2.13. The van der Waals surface area contributed by atoms with Gasteiger partial charge in [0.1, 0.15) is 6.04 Å². The first-order chi connectivity index (χ1) is 7.49. The van der Waals surface area contributed by atoms with Crippen LogP contribution < -0.4 is 10.6 Å². The van der Waals surface area contributed by atoms with Gasteiger partial charge in [-0.2, -0.15) is 0 Å². The zero-order valence-electron chi connectivity index (χ0n) is 8.86. The molecule has 1 aliphatic heterocycles.